The number of nitrogens with one attached hydrogen (secondary N) is 2. The molecule has 3 aromatic heterocycles. The molecule has 4 rings (SSSR count). The van der Waals surface area contributed by atoms with E-state index >= 15 is 0 Å². The zero-order chi connectivity index (χ0) is 50.1. The van der Waals surface area contributed by atoms with Crippen LogP contribution >= 0.6 is 32.6 Å². The number of hydrogen-bond donors (Lipinski definition) is 2. The lowest BCUT2D eigenvalue weighted by Crippen LogP contribution is -2.38. The van der Waals surface area contributed by atoms with Crippen LogP contribution in [0.3, 0.4) is 0 Å². The third-order valence-corrected chi connectivity index (χ3v) is 13.8. The highest BCUT2D eigenvalue weighted by Gasteiger charge is 2.35. The van der Waals surface area contributed by atoms with E-state index in [2.05, 4.69) is 27.6 Å². The van der Waals surface area contributed by atoms with Gasteiger partial charge >= 0.3 is 38.7 Å². The van der Waals surface area contributed by atoms with Crippen LogP contribution in [0.4, 0.5) is 4.79 Å². The molecule has 0 atom stereocenters. The van der Waals surface area contributed by atoms with Gasteiger partial charge in [-0.1, -0.05) is 11.8 Å². The molecule has 0 saturated carbocycles. The molecule has 0 aromatic carbocycles. The quantitative estimate of drug-likeness (QED) is 0.0230. The molecule has 4 heterocycles. The van der Waals surface area contributed by atoms with Crippen molar-refractivity contribution in [2.75, 3.05) is 65.6 Å². The average Bonchev–Trinajstić information content (AvgIpc) is 4.06. The number of carbonyl (C=O) groups is 4. The Balaban J connectivity index is 1.47. The number of amides is 4. The molecule has 1 aliphatic rings. The number of hydrogen-bond acceptors (Lipinski definition) is 20. The molecule has 3 aromatic rings. The minimum atomic E-state index is -3.67. The molecule has 0 unspecified atom stereocenters. The Bertz CT molecular complexity index is 2260. The van der Waals surface area contributed by atoms with Gasteiger partial charge in [-0.25, -0.2) is 33.2 Å². The van der Waals surface area contributed by atoms with E-state index in [1.807, 2.05) is 0 Å². The first-order valence-corrected chi connectivity index (χ1v) is 27.0. The Morgan fingerprint density at radius 3 is 1.75 bits per heavy atom. The summed E-state index contributed by atoms with van der Waals surface area (Å²) in [5, 5.41) is 15.1. The summed E-state index contributed by atoms with van der Waals surface area (Å²) in [7, 11) is -8.41. The third kappa shape index (κ3) is 19.9. The summed E-state index contributed by atoms with van der Waals surface area (Å²) >= 11 is 0. The molecule has 69 heavy (non-hydrogen) atoms. The maximum atomic E-state index is 13.7. The van der Waals surface area contributed by atoms with E-state index < -0.39 is 50.5 Å². The molecule has 378 valence electrons. The van der Waals surface area contributed by atoms with Crippen molar-refractivity contribution in [3.05, 3.63) is 53.6 Å². The largest absolute Gasteiger partial charge is 0.432 e. The second-order valence-electron chi connectivity index (χ2n) is 14.7. The van der Waals surface area contributed by atoms with Gasteiger partial charge < -0.3 is 33.6 Å². The van der Waals surface area contributed by atoms with Crippen LogP contribution in [0.5, 0.6) is 0 Å². The Kier molecular flexibility index (Phi) is 24.9. The second-order valence-corrected chi connectivity index (χ2v) is 19.5. The maximum Gasteiger partial charge on any atom is 0.432 e. The minimum Gasteiger partial charge on any atom is -0.356 e. The van der Waals surface area contributed by atoms with Crippen molar-refractivity contribution in [3.8, 4) is 23.5 Å². The van der Waals surface area contributed by atoms with Gasteiger partial charge in [-0.05, 0) is 71.2 Å². The van der Waals surface area contributed by atoms with Crippen LogP contribution in [0.25, 0.3) is 11.6 Å². The number of aromatic nitrogens is 5. The molecular formula is C40H58N10O15P4. The van der Waals surface area contributed by atoms with Crippen molar-refractivity contribution in [2.45, 2.75) is 85.7 Å². The molecule has 0 radical (unpaired) electrons. The number of unbranched alkanes of at least 4 members (excludes halogenated alkanes) is 2. The summed E-state index contributed by atoms with van der Waals surface area (Å²) in [5.74, 6) is 5.75. The molecule has 0 spiro atoms. The molecule has 25 nitrogen and oxygen atoms in total. The maximum absolute atomic E-state index is 13.7. The predicted molar refractivity (Wildman–Crippen MR) is 247 cm³/mol. The monoisotopic (exact) mass is 1040 g/mol. The van der Waals surface area contributed by atoms with Gasteiger partial charge in [-0.3, -0.25) is 37.5 Å². The van der Waals surface area contributed by atoms with E-state index in [4.69, 9.17) is 42.1 Å². The number of hydroxylamine groups is 2. The zero-order valence-corrected chi connectivity index (χ0v) is 42.5. The fourth-order valence-electron chi connectivity index (χ4n) is 6.44. The standard InChI is InChI=1S/C40H58N10O15P4/c1-5-61-68(57,62-6-2)30-47(31-69(58,63-7-3)64-8-4)27-34-19-23-49(45-34)36-25-32(24-35(43-36)48-22-18-33(44-48)26-46(28-59-66-55)29-60-67-56)14-11-9-10-12-15-37(51)41-20-13-21-42-40(54)65-50-38(52)16-17-39(50)53/h18-19,22-25H,5-10,12-13,15-17,20-21,26-31H2,1-4H3,(H,41,51)(H,42,54). The van der Waals surface area contributed by atoms with Gasteiger partial charge in [0.2, 0.25) is 5.91 Å². The van der Waals surface area contributed by atoms with Gasteiger partial charge in [0.15, 0.2) is 11.6 Å². The molecule has 1 fully saturated rings. The first-order valence-electron chi connectivity index (χ1n) is 22.1. The Morgan fingerprint density at radius 1 is 0.739 bits per heavy atom. The van der Waals surface area contributed by atoms with Crippen LogP contribution in [0.15, 0.2) is 36.7 Å². The smallest absolute Gasteiger partial charge is 0.356 e. The van der Waals surface area contributed by atoms with Crippen LogP contribution in [0.2, 0.25) is 0 Å². The molecule has 1 aliphatic heterocycles. The van der Waals surface area contributed by atoms with Gasteiger partial charge in [-0.2, -0.15) is 10.2 Å². The summed E-state index contributed by atoms with van der Waals surface area (Å²) < 4.78 is 84.5. The zero-order valence-electron chi connectivity index (χ0n) is 38.9. The average molecular weight is 1040 g/mol. The summed E-state index contributed by atoms with van der Waals surface area (Å²) in [6.07, 6.45) is 4.28. The number of pyridine rings is 1. The van der Waals surface area contributed by atoms with E-state index in [9.17, 15) is 37.4 Å². The van der Waals surface area contributed by atoms with Crippen molar-refractivity contribution in [2.24, 2.45) is 0 Å². The SMILES string of the molecule is CCOP(=O)(CN(Cc1ccn(-c2cc(C#CCCCCC(=O)NCCCNC(=O)ON3C(=O)CCC3=O)cc(-n3ccc(CN(COP=O)COP=O)n3)n2)n1)CP(=O)(OCC)OCC)OCC. The fourth-order valence-corrected chi connectivity index (χ4v) is 10.5. The minimum absolute atomic E-state index is 0.00534. The highest BCUT2D eigenvalue weighted by molar-refractivity contribution is 7.54. The van der Waals surface area contributed by atoms with Crippen LogP contribution < -0.4 is 10.6 Å². The molecular weight excluding hydrogens is 984 g/mol. The van der Waals surface area contributed by atoms with Gasteiger partial charge in [0.1, 0.15) is 26.0 Å². The van der Waals surface area contributed by atoms with Crippen LogP contribution in [0.1, 0.15) is 89.6 Å². The van der Waals surface area contributed by atoms with E-state index in [0.717, 1.165) is 0 Å². The lowest BCUT2D eigenvalue weighted by molar-refractivity contribution is -0.171. The van der Waals surface area contributed by atoms with Crippen LogP contribution in [0, 0.1) is 11.8 Å². The lowest BCUT2D eigenvalue weighted by atomic mass is 10.1. The fraction of sp³-hybridized carbons (Fsp3) is 0.575. The summed E-state index contributed by atoms with van der Waals surface area (Å²) in [6, 6.07) is 6.94. The highest BCUT2D eigenvalue weighted by atomic mass is 31.2. The van der Waals surface area contributed by atoms with Crippen molar-refractivity contribution < 1.29 is 69.4 Å². The molecule has 1 saturated heterocycles. The van der Waals surface area contributed by atoms with Crippen molar-refractivity contribution in [3.63, 3.8) is 0 Å². The number of rotatable bonds is 33. The third-order valence-electron chi connectivity index (χ3n) is 9.28. The molecule has 0 bridgehead atoms. The summed E-state index contributed by atoms with van der Waals surface area (Å²) in [6.45, 7) is 7.79. The molecule has 29 heteroatoms. The summed E-state index contributed by atoms with van der Waals surface area (Å²) in [4.78, 5) is 60.3. The van der Waals surface area contributed by atoms with Crippen molar-refractivity contribution >= 4 is 56.4 Å². The number of imide groups is 1. The van der Waals surface area contributed by atoms with E-state index in [-0.39, 0.29) is 104 Å². The van der Waals surface area contributed by atoms with E-state index in [1.165, 1.54) is 9.36 Å². The molecule has 2 N–H and O–H groups in total. The van der Waals surface area contributed by atoms with Gasteiger partial charge in [0.25, 0.3) is 11.8 Å². The van der Waals surface area contributed by atoms with Crippen molar-refractivity contribution in [1.82, 2.24) is 50.0 Å². The van der Waals surface area contributed by atoms with Crippen LogP contribution in [-0.2, 0) is 77.7 Å². The van der Waals surface area contributed by atoms with Gasteiger partial charge in [0.05, 0.1) is 37.8 Å². The Hall–Kier alpha value is -4.65. The van der Waals surface area contributed by atoms with Gasteiger partial charge in [0, 0.05) is 69.8 Å². The normalized spacial score (nSPS) is 13.2. The molecule has 0 aliphatic carbocycles. The first-order chi connectivity index (χ1) is 33.3. The topological polar surface area (TPSA) is 283 Å². The van der Waals surface area contributed by atoms with Crippen molar-refractivity contribution in [1.29, 1.82) is 0 Å². The van der Waals surface area contributed by atoms with E-state index in [0.29, 0.717) is 59.3 Å². The lowest BCUT2D eigenvalue weighted by Gasteiger charge is -2.29. The van der Waals surface area contributed by atoms with Crippen LogP contribution in [-0.4, -0.2) is 129 Å². The highest BCUT2D eigenvalue weighted by Crippen LogP contribution is 2.53. The second kappa shape index (κ2) is 30.2. The van der Waals surface area contributed by atoms with Gasteiger partial charge in [-0.15, -0.1) is 5.06 Å². The number of nitrogens with zero attached hydrogens (tertiary/aromatic N) is 8. The number of carbonyl (C=O) groups excluding carboxylic acids is 4. The Morgan fingerprint density at radius 2 is 1.25 bits per heavy atom. The predicted octanol–water partition coefficient (Wildman–Crippen LogP) is 6.07. The molecule has 4 amide bonds. The summed E-state index contributed by atoms with van der Waals surface area (Å²) in [5.41, 5.74) is 1.61. The first kappa shape index (κ1) is 56.9. The van der Waals surface area contributed by atoms with E-state index in [1.54, 1.807) is 74.2 Å². The Labute approximate surface area is 403 Å².